The van der Waals surface area contributed by atoms with Crippen LogP contribution in [0.1, 0.15) is 80.6 Å². The van der Waals surface area contributed by atoms with E-state index in [1.807, 2.05) is 0 Å². The molecule has 0 bridgehead atoms. The molecule has 0 aromatic heterocycles. The van der Waals surface area contributed by atoms with Gasteiger partial charge >= 0.3 is 11.9 Å². The maximum absolute atomic E-state index is 12.1. The summed E-state index contributed by atoms with van der Waals surface area (Å²) in [4.78, 5) is 43.8. The van der Waals surface area contributed by atoms with Gasteiger partial charge in [0.05, 0.1) is 0 Å². The fourth-order valence-corrected chi connectivity index (χ4v) is 1.56. The molecule has 6 nitrogen and oxygen atoms in total. The van der Waals surface area contributed by atoms with Gasteiger partial charge in [-0.25, -0.2) is 9.59 Å². The van der Waals surface area contributed by atoms with Crippen LogP contribution in [0.5, 0.6) is 0 Å². The number of rotatable bonds is 9. The van der Waals surface area contributed by atoms with Gasteiger partial charge in [0.1, 0.15) is 11.2 Å². The van der Waals surface area contributed by atoms with Crippen LogP contribution in [0.25, 0.3) is 0 Å². The second-order valence-electron chi connectivity index (χ2n) is 7.60. The van der Waals surface area contributed by atoms with E-state index in [-0.39, 0.29) is 0 Å². The molecule has 0 spiro atoms. The van der Waals surface area contributed by atoms with Gasteiger partial charge < -0.3 is 0 Å². The predicted octanol–water partition coefficient (Wildman–Crippen LogP) is 4.12. The van der Waals surface area contributed by atoms with Gasteiger partial charge in [-0.15, -0.1) is 0 Å². The molecule has 0 unspecified atom stereocenters. The number of unbranched alkanes of at least 4 members (excludes halogenated alkanes) is 3. The van der Waals surface area contributed by atoms with Crippen LogP contribution in [0.15, 0.2) is 0 Å². The van der Waals surface area contributed by atoms with Gasteiger partial charge in [0.2, 0.25) is 0 Å². The summed E-state index contributed by atoms with van der Waals surface area (Å²) in [6.07, 6.45) is 4.13. The third kappa shape index (κ3) is 12.0. The van der Waals surface area contributed by atoms with E-state index in [1.165, 1.54) is 0 Å². The molecule has 0 heterocycles. The molecular weight excluding hydrogens is 300 g/mol. The van der Waals surface area contributed by atoms with Crippen LogP contribution in [0, 0.1) is 5.92 Å². The van der Waals surface area contributed by atoms with E-state index in [9.17, 15) is 9.59 Å². The van der Waals surface area contributed by atoms with Crippen LogP contribution in [0.4, 0.5) is 0 Å². The third-order valence-electron chi connectivity index (χ3n) is 2.66. The number of carbonyl (C=O) groups excluding carboxylic acids is 2. The van der Waals surface area contributed by atoms with Crippen LogP contribution >= 0.6 is 0 Å². The van der Waals surface area contributed by atoms with Crippen LogP contribution in [0.2, 0.25) is 0 Å². The van der Waals surface area contributed by atoms with E-state index in [0.717, 1.165) is 25.7 Å². The van der Waals surface area contributed by atoms with Gasteiger partial charge in [-0.3, -0.25) is 9.78 Å². The van der Waals surface area contributed by atoms with Crippen molar-refractivity contribution >= 4 is 11.9 Å². The highest BCUT2D eigenvalue weighted by molar-refractivity contribution is 5.94. The SMILES string of the molecule is CCCCCCC(C(=O)OOC(C)(C)C)C(=O)OOC(C)(C)C. The maximum atomic E-state index is 12.1. The Morgan fingerprint density at radius 3 is 1.57 bits per heavy atom. The Bertz CT molecular complexity index is 334. The van der Waals surface area contributed by atoms with Crippen molar-refractivity contribution in [1.82, 2.24) is 0 Å². The molecule has 0 N–H and O–H groups in total. The van der Waals surface area contributed by atoms with Crippen molar-refractivity contribution in [3.05, 3.63) is 0 Å². The molecule has 6 heteroatoms. The molecule has 0 aliphatic rings. The minimum Gasteiger partial charge on any atom is -0.297 e. The summed E-state index contributed by atoms with van der Waals surface area (Å²) in [6, 6.07) is 0. The number of hydrogen-bond acceptors (Lipinski definition) is 6. The quantitative estimate of drug-likeness (QED) is 0.274. The van der Waals surface area contributed by atoms with Crippen molar-refractivity contribution in [3.63, 3.8) is 0 Å². The normalized spacial score (nSPS) is 12.3. The first kappa shape index (κ1) is 21.9. The molecule has 0 rings (SSSR count). The molecular formula is C17H32O6. The smallest absolute Gasteiger partial charge is 0.297 e. The zero-order chi connectivity index (χ0) is 18.1. The summed E-state index contributed by atoms with van der Waals surface area (Å²) < 4.78 is 0. The van der Waals surface area contributed by atoms with E-state index in [1.54, 1.807) is 41.5 Å². The molecule has 0 aliphatic heterocycles. The van der Waals surface area contributed by atoms with E-state index in [0.29, 0.717) is 6.42 Å². The fraction of sp³-hybridized carbons (Fsp3) is 0.882. The standard InChI is InChI=1S/C17H32O6/c1-8-9-10-11-12-13(14(18)20-22-16(2,3)4)15(19)21-23-17(5,6)7/h13H,8-12H2,1-7H3. The molecule has 0 aromatic rings. The second-order valence-corrected chi connectivity index (χ2v) is 7.60. The van der Waals surface area contributed by atoms with Gasteiger partial charge in [-0.05, 0) is 48.0 Å². The van der Waals surface area contributed by atoms with E-state index < -0.39 is 29.1 Å². The van der Waals surface area contributed by atoms with Crippen molar-refractivity contribution < 1.29 is 29.1 Å². The highest BCUT2D eigenvalue weighted by Gasteiger charge is 2.33. The lowest BCUT2D eigenvalue weighted by Gasteiger charge is -2.21. The van der Waals surface area contributed by atoms with Gasteiger partial charge in [0, 0.05) is 0 Å². The summed E-state index contributed by atoms with van der Waals surface area (Å²) in [6.45, 7) is 12.6. The highest BCUT2D eigenvalue weighted by atomic mass is 17.2. The summed E-state index contributed by atoms with van der Waals surface area (Å²) in [7, 11) is 0. The van der Waals surface area contributed by atoms with Crippen molar-refractivity contribution in [2.75, 3.05) is 0 Å². The Kier molecular flexibility index (Phi) is 9.39. The summed E-state index contributed by atoms with van der Waals surface area (Å²) in [5.41, 5.74) is -1.29. The fourth-order valence-electron chi connectivity index (χ4n) is 1.56. The Balaban J connectivity index is 4.65. The second kappa shape index (κ2) is 9.88. The van der Waals surface area contributed by atoms with Gasteiger partial charge in [0.25, 0.3) is 0 Å². The lowest BCUT2D eigenvalue weighted by atomic mass is 10.0. The van der Waals surface area contributed by atoms with Gasteiger partial charge in [0.15, 0.2) is 5.92 Å². The summed E-state index contributed by atoms with van der Waals surface area (Å²) in [5, 5.41) is 0. The first-order chi connectivity index (χ1) is 10.5. The van der Waals surface area contributed by atoms with Crippen LogP contribution in [-0.4, -0.2) is 23.1 Å². The van der Waals surface area contributed by atoms with Crippen molar-refractivity contribution in [2.24, 2.45) is 5.92 Å². The zero-order valence-corrected chi connectivity index (χ0v) is 15.6. The average Bonchev–Trinajstić information content (AvgIpc) is 2.41. The largest absolute Gasteiger partial charge is 0.356 e. The molecule has 0 atom stereocenters. The lowest BCUT2D eigenvalue weighted by Crippen LogP contribution is -2.33. The molecule has 23 heavy (non-hydrogen) atoms. The first-order valence-electron chi connectivity index (χ1n) is 8.25. The molecule has 0 aliphatic carbocycles. The first-order valence-corrected chi connectivity index (χ1v) is 8.25. The van der Waals surface area contributed by atoms with Crippen molar-refractivity contribution in [1.29, 1.82) is 0 Å². The Morgan fingerprint density at radius 1 is 0.783 bits per heavy atom. The number of carbonyl (C=O) groups is 2. The van der Waals surface area contributed by atoms with Crippen LogP contribution in [0.3, 0.4) is 0 Å². The van der Waals surface area contributed by atoms with Gasteiger partial charge in [-0.1, -0.05) is 32.6 Å². The van der Waals surface area contributed by atoms with Crippen LogP contribution in [-0.2, 0) is 29.1 Å². The maximum Gasteiger partial charge on any atom is 0.356 e. The molecule has 0 saturated heterocycles. The van der Waals surface area contributed by atoms with E-state index in [2.05, 4.69) is 6.92 Å². The Morgan fingerprint density at radius 2 is 1.22 bits per heavy atom. The van der Waals surface area contributed by atoms with Crippen molar-refractivity contribution in [2.45, 2.75) is 91.8 Å². The monoisotopic (exact) mass is 332 g/mol. The molecule has 0 radical (unpaired) electrons. The Hall–Kier alpha value is -1.14. The highest BCUT2D eigenvalue weighted by Crippen LogP contribution is 2.18. The summed E-state index contributed by atoms with van der Waals surface area (Å²) >= 11 is 0. The molecule has 136 valence electrons. The van der Waals surface area contributed by atoms with Crippen LogP contribution < -0.4 is 0 Å². The Labute approximate surface area is 139 Å². The molecule has 0 amide bonds. The predicted molar refractivity (Wildman–Crippen MR) is 86.1 cm³/mol. The lowest BCUT2D eigenvalue weighted by molar-refractivity contribution is -0.334. The number of hydrogen-bond donors (Lipinski definition) is 0. The topological polar surface area (TPSA) is 71.1 Å². The van der Waals surface area contributed by atoms with E-state index >= 15 is 0 Å². The molecule has 0 fully saturated rings. The summed E-state index contributed by atoms with van der Waals surface area (Å²) in [5.74, 6) is -2.55. The average molecular weight is 332 g/mol. The van der Waals surface area contributed by atoms with Gasteiger partial charge in [-0.2, -0.15) is 9.78 Å². The third-order valence-corrected chi connectivity index (χ3v) is 2.66. The van der Waals surface area contributed by atoms with Crippen molar-refractivity contribution in [3.8, 4) is 0 Å². The molecule has 0 aromatic carbocycles. The molecule has 0 saturated carbocycles. The van der Waals surface area contributed by atoms with E-state index in [4.69, 9.17) is 19.6 Å². The zero-order valence-electron chi connectivity index (χ0n) is 15.6. The minimum absolute atomic E-state index is 0.346. The minimum atomic E-state index is -1.04.